The number of thioether (sulfide) groups is 1. The van der Waals surface area contributed by atoms with Crippen LogP contribution in [-0.2, 0) is 0 Å². The predicted octanol–water partition coefficient (Wildman–Crippen LogP) is 1.63. The van der Waals surface area contributed by atoms with Crippen molar-refractivity contribution in [1.82, 2.24) is 0 Å². The Morgan fingerprint density at radius 3 is 2.80 bits per heavy atom. The molecule has 0 heterocycles. The predicted molar refractivity (Wildman–Crippen MR) is 49.4 cm³/mol. The standard InChI is InChI=1S/C7H14N2S/c1-3-7(10-2)6-9-5-4-8/h4-7H,3,8H2,1-2H3/b5-4-,9-6-. The molecule has 0 fully saturated rings. The first-order valence-corrected chi connectivity index (χ1v) is 4.56. The van der Waals surface area contributed by atoms with Crippen molar-refractivity contribution in [3.8, 4) is 0 Å². The molecular formula is C7H14N2S. The first kappa shape index (κ1) is 9.56. The Hall–Kier alpha value is -0.440. The second kappa shape index (κ2) is 6.68. The Morgan fingerprint density at radius 1 is 1.70 bits per heavy atom. The van der Waals surface area contributed by atoms with Crippen LogP contribution in [0.15, 0.2) is 17.4 Å². The van der Waals surface area contributed by atoms with Crippen molar-refractivity contribution in [3.05, 3.63) is 12.4 Å². The van der Waals surface area contributed by atoms with Gasteiger partial charge in [0.2, 0.25) is 0 Å². The average Bonchev–Trinajstić information content (AvgIpc) is 1.99. The van der Waals surface area contributed by atoms with Gasteiger partial charge in [-0.3, -0.25) is 4.99 Å². The normalized spacial score (nSPS) is 15.0. The molecule has 0 aliphatic rings. The van der Waals surface area contributed by atoms with Crippen LogP contribution in [0.4, 0.5) is 0 Å². The van der Waals surface area contributed by atoms with Crippen molar-refractivity contribution in [2.45, 2.75) is 18.6 Å². The van der Waals surface area contributed by atoms with Gasteiger partial charge in [0.25, 0.3) is 0 Å². The third-order valence-electron chi connectivity index (χ3n) is 1.13. The van der Waals surface area contributed by atoms with E-state index in [1.54, 1.807) is 18.0 Å². The van der Waals surface area contributed by atoms with Gasteiger partial charge in [-0.2, -0.15) is 11.8 Å². The van der Waals surface area contributed by atoms with Crippen molar-refractivity contribution < 1.29 is 0 Å². The molecule has 1 atom stereocenters. The highest BCUT2D eigenvalue weighted by Gasteiger charge is 1.96. The van der Waals surface area contributed by atoms with Crippen molar-refractivity contribution in [2.75, 3.05) is 6.26 Å². The summed E-state index contributed by atoms with van der Waals surface area (Å²) < 4.78 is 0. The quantitative estimate of drug-likeness (QED) is 0.631. The van der Waals surface area contributed by atoms with E-state index >= 15 is 0 Å². The minimum absolute atomic E-state index is 0.524. The van der Waals surface area contributed by atoms with Gasteiger partial charge < -0.3 is 5.73 Å². The van der Waals surface area contributed by atoms with Crippen molar-refractivity contribution in [3.63, 3.8) is 0 Å². The van der Waals surface area contributed by atoms with Crippen LogP contribution >= 0.6 is 11.8 Å². The van der Waals surface area contributed by atoms with Crippen LogP contribution in [0.2, 0.25) is 0 Å². The molecule has 0 saturated heterocycles. The molecule has 0 amide bonds. The van der Waals surface area contributed by atoms with Gasteiger partial charge in [-0.15, -0.1) is 0 Å². The monoisotopic (exact) mass is 158 g/mol. The summed E-state index contributed by atoms with van der Waals surface area (Å²) in [5, 5.41) is 0.524. The smallest absolute Gasteiger partial charge is 0.0419 e. The molecule has 2 N–H and O–H groups in total. The average molecular weight is 158 g/mol. The largest absolute Gasteiger partial charge is 0.403 e. The van der Waals surface area contributed by atoms with E-state index in [0.717, 1.165) is 6.42 Å². The number of rotatable bonds is 4. The van der Waals surface area contributed by atoms with Crippen molar-refractivity contribution in [1.29, 1.82) is 0 Å². The summed E-state index contributed by atoms with van der Waals surface area (Å²) in [7, 11) is 0. The Bertz CT molecular complexity index is 117. The van der Waals surface area contributed by atoms with Crippen molar-refractivity contribution >= 4 is 18.0 Å². The number of nitrogens with zero attached hydrogens (tertiary/aromatic N) is 1. The zero-order valence-corrected chi connectivity index (χ0v) is 7.27. The summed E-state index contributed by atoms with van der Waals surface area (Å²) in [5.41, 5.74) is 5.10. The fraction of sp³-hybridized carbons (Fsp3) is 0.571. The topological polar surface area (TPSA) is 38.4 Å². The maximum absolute atomic E-state index is 5.10. The third-order valence-corrected chi connectivity index (χ3v) is 2.19. The lowest BCUT2D eigenvalue weighted by atomic mass is 10.3. The Kier molecular flexibility index (Phi) is 6.38. The second-order valence-electron chi connectivity index (χ2n) is 1.82. The fourth-order valence-electron chi connectivity index (χ4n) is 0.528. The molecule has 0 spiro atoms. The van der Waals surface area contributed by atoms with Gasteiger partial charge >= 0.3 is 0 Å². The maximum Gasteiger partial charge on any atom is 0.0419 e. The van der Waals surface area contributed by atoms with Crippen LogP contribution in [0.1, 0.15) is 13.3 Å². The van der Waals surface area contributed by atoms with Crippen LogP contribution in [0.5, 0.6) is 0 Å². The van der Waals surface area contributed by atoms with Gasteiger partial charge in [0, 0.05) is 23.9 Å². The molecule has 2 nitrogen and oxygen atoms in total. The number of hydrogen-bond donors (Lipinski definition) is 1. The van der Waals surface area contributed by atoms with Crippen LogP contribution in [0.3, 0.4) is 0 Å². The van der Waals surface area contributed by atoms with Gasteiger partial charge in [-0.1, -0.05) is 6.92 Å². The van der Waals surface area contributed by atoms with Gasteiger partial charge in [0.15, 0.2) is 0 Å². The third kappa shape index (κ3) is 4.44. The number of aliphatic imine (C=N–C) groups is 1. The zero-order valence-electron chi connectivity index (χ0n) is 6.45. The summed E-state index contributed by atoms with van der Waals surface area (Å²) in [5.74, 6) is 0. The molecule has 0 aromatic carbocycles. The molecule has 0 aliphatic carbocycles. The lowest BCUT2D eigenvalue weighted by Gasteiger charge is -2.01. The highest BCUT2D eigenvalue weighted by atomic mass is 32.2. The SMILES string of the molecule is CCC(/C=N\C=C/N)SC. The van der Waals surface area contributed by atoms with E-state index in [4.69, 9.17) is 5.73 Å². The molecular weight excluding hydrogens is 144 g/mol. The van der Waals surface area contributed by atoms with Gasteiger partial charge in [-0.05, 0) is 12.7 Å². The van der Waals surface area contributed by atoms with E-state index in [1.165, 1.54) is 6.20 Å². The van der Waals surface area contributed by atoms with Gasteiger partial charge in [-0.25, -0.2) is 0 Å². The minimum Gasteiger partial charge on any atom is -0.403 e. The molecule has 0 rings (SSSR count). The van der Waals surface area contributed by atoms with E-state index in [0.29, 0.717) is 5.25 Å². The van der Waals surface area contributed by atoms with E-state index in [2.05, 4.69) is 18.2 Å². The van der Waals surface area contributed by atoms with Crippen molar-refractivity contribution in [2.24, 2.45) is 10.7 Å². The van der Waals surface area contributed by atoms with Crippen LogP contribution in [-0.4, -0.2) is 17.7 Å². The Labute approximate surface area is 66.6 Å². The lowest BCUT2D eigenvalue weighted by molar-refractivity contribution is 1.03. The van der Waals surface area contributed by atoms with E-state index in [9.17, 15) is 0 Å². The molecule has 1 unspecified atom stereocenters. The second-order valence-corrected chi connectivity index (χ2v) is 2.90. The minimum atomic E-state index is 0.524. The Balaban J connectivity index is 3.60. The van der Waals surface area contributed by atoms with E-state index in [-0.39, 0.29) is 0 Å². The highest BCUT2D eigenvalue weighted by Crippen LogP contribution is 2.06. The molecule has 0 bridgehead atoms. The molecule has 0 aromatic rings. The first-order valence-electron chi connectivity index (χ1n) is 3.28. The molecule has 0 aliphatic heterocycles. The summed E-state index contributed by atoms with van der Waals surface area (Å²) in [6.07, 6.45) is 8.13. The molecule has 58 valence electrons. The van der Waals surface area contributed by atoms with Gasteiger partial charge in [0.05, 0.1) is 0 Å². The molecule has 0 radical (unpaired) electrons. The molecule has 3 heteroatoms. The zero-order chi connectivity index (χ0) is 7.82. The lowest BCUT2D eigenvalue weighted by Crippen LogP contribution is -1.99. The first-order chi connectivity index (χ1) is 4.85. The fourth-order valence-corrected chi connectivity index (χ4v) is 1.05. The molecule has 0 aromatic heterocycles. The summed E-state index contributed by atoms with van der Waals surface area (Å²) in [6.45, 7) is 2.14. The number of hydrogen-bond acceptors (Lipinski definition) is 3. The summed E-state index contributed by atoms with van der Waals surface area (Å²) in [6, 6.07) is 0. The van der Waals surface area contributed by atoms with E-state index in [1.807, 2.05) is 6.21 Å². The van der Waals surface area contributed by atoms with E-state index < -0.39 is 0 Å². The van der Waals surface area contributed by atoms with Crippen LogP contribution in [0.25, 0.3) is 0 Å². The summed E-state index contributed by atoms with van der Waals surface area (Å²) in [4.78, 5) is 3.98. The highest BCUT2D eigenvalue weighted by molar-refractivity contribution is 7.99. The Morgan fingerprint density at radius 2 is 2.40 bits per heavy atom. The van der Waals surface area contributed by atoms with Crippen LogP contribution < -0.4 is 5.73 Å². The van der Waals surface area contributed by atoms with Crippen LogP contribution in [0, 0.1) is 0 Å². The maximum atomic E-state index is 5.10. The number of nitrogens with two attached hydrogens (primary N) is 1. The molecule has 10 heavy (non-hydrogen) atoms. The molecule has 0 saturated carbocycles. The van der Waals surface area contributed by atoms with Gasteiger partial charge in [0.1, 0.15) is 0 Å². The summed E-state index contributed by atoms with van der Waals surface area (Å²) >= 11 is 1.80.